The van der Waals surface area contributed by atoms with Crippen molar-refractivity contribution in [2.45, 2.75) is 25.9 Å². The highest BCUT2D eigenvalue weighted by atomic mass is 16.5. The van der Waals surface area contributed by atoms with Gasteiger partial charge in [-0.1, -0.05) is 0 Å². The van der Waals surface area contributed by atoms with Gasteiger partial charge in [0.15, 0.2) is 0 Å². The summed E-state index contributed by atoms with van der Waals surface area (Å²) in [6, 6.07) is 0.990. The van der Waals surface area contributed by atoms with E-state index in [1.165, 1.54) is 0 Å². The molecule has 4 nitrogen and oxygen atoms in total. The van der Waals surface area contributed by atoms with Crippen molar-refractivity contribution in [3.63, 3.8) is 0 Å². The van der Waals surface area contributed by atoms with Crippen LogP contribution in [-0.2, 0) is 4.74 Å². The number of ether oxygens (including phenoxy) is 1. The topological polar surface area (TPSA) is 41.7 Å². The van der Waals surface area contributed by atoms with Gasteiger partial charge in [0.25, 0.3) is 0 Å². The van der Waals surface area contributed by atoms with Crippen molar-refractivity contribution < 1.29 is 4.74 Å². The Bertz CT molecular complexity index is 154. The number of piperazine rings is 1. The molecule has 0 aromatic heterocycles. The quantitative estimate of drug-likeness (QED) is 0.627. The molecule has 1 heterocycles. The van der Waals surface area contributed by atoms with Gasteiger partial charge < -0.3 is 4.74 Å². The third kappa shape index (κ3) is 2.91. The summed E-state index contributed by atoms with van der Waals surface area (Å²) in [7, 11) is 1.74. The molecule has 78 valence electrons. The number of hydrogen-bond acceptors (Lipinski definition) is 4. The Morgan fingerprint density at radius 3 is 2.62 bits per heavy atom. The predicted molar refractivity (Wildman–Crippen MR) is 53.3 cm³/mol. The number of methoxy groups -OCH3 is 1. The average Bonchev–Trinajstić information content (AvgIpc) is 2.09. The molecule has 0 radical (unpaired) electrons. The Kier molecular flexibility index (Phi) is 4.12. The highest BCUT2D eigenvalue weighted by Gasteiger charge is 2.26. The Morgan fingerprint density at radius 1 is 1.31 bits per heavy atom. The van der Waals surface area contributed by atoms with Crippen molar-refractivity contribution >= 4 is 0 Å². The van der Waals surface area contributed by atoms with Crippen molar-refractivity contribution in [2.24, 2.45) is 5.84 Å². The summed E-state index contributed by atoms with van der Waals surface area (Å²) in [4.78, 5) is 2.43. The van der Waals surface area contributed by atoms with Crippen LogP contribution in [0.3, 0.4) is 0 Å². The van der Waals surface area contributed by atoms with E-state index in [-0.39, 0.29) is 0 Å². The van der Waals surface area contributed by atoms with Crippen LogP contribution in [0.15, 0.2) is 0 Å². The first-order chi connectivity index (χ1) is 6.15. The summed E-state index contributed by atoms with van der Waals surface area (Å²) in [5, 5.41) is 1.92. The average molecular weight is 187 g/mol. The fourth-order valence-electron chi connectivity index (χ4n) is 1.74. The van der Waals surface area contributed by atoms with Gasteiger partial charge in [0.05, 0.1) is 6.61 Å². The van der Waals surface area contributed by atoms with E-state index in [4.69, 9.17) is 10.6 Å². The van der Waals surface area contributed by atoms with Crippen LogP contribution in [0.5, 0.6) is 0 Å². The highest BCUT2D eigenvalue weighted by molar-refractivity contribution is 4.81. The molecule has 0 aliphatic carbocycles. The molecule has 1 aliphatic rings. The van der Waals surface area contributed by atoms with Crippen LogP contribution in [0, 0.1) is 0 Å². The first kappa shape index (κ1) is 10.9. The zero-order valence-electron chi connectivity index (χ0n) is 8.86. The molecule has 0 aromatic rings. The molecule has 2 atom stereocenters. The number of hydrogen-bond donors (Lipinski definition) is 1. The van der Waals surface area contributed by atoms with Gasteiger partial charge in [0, 0.05) is 38.8 Å². The van der Waals surface area contributed by atoms with Crippen LogP contribution in [-0.4, -0.2) is 55.3 Å². The predicted octanol–water partition coefficient (Wildman–Crippen LogP) is -0.0989. The van der Waals surface area contributed by atoms with Gasteiger partial charge >= 0.3 is 0 Å². The van der Waals surface area contributed by atoms with Crippen LogP contribution in [0.4, 0.5) is 0 Å². The smallest absolute Gasteiger partial charge is 0.0589 e. The third-order valence-electron chi connectivity index (χ3n) is 2.75. The number of nitrogens with zero attached hydrogens (tertiary/aromatic N) is 2. The first-order valence-corrected chi connectivity index (χ1v) is 4.89. The standard InChI is InChI=1S/C9H21N3O/c1-8-7-12(10)9(2)6-11(8)4-5-13-3/h8-9H,4-7,10H2,1-3H3. The molecule has 1 saturated heterocycles. The fraction of sp³-hybridized carbons (Fsp3) is 1.00. The lowest BCUT2D eigenvalue weighted by atomic mass is 10.1. The van der Waals surface area contributed by atoms with Gasteiger partial charge in [0.1, 0.15) is 0 Å². The van der Waals surface area contributed by atoms with Crippen molar-refractivity contribution in [1.29, 1.82) is 0 Å². The maximum Gasteiger partial charge on any atom is 0.0589 e. The van der Waals surface area contributed by atoms with Gasteiger partial charge in [-0.05, 0) is 13.8 Å². The number of hydrazine groups is 1. The van der Waals surface area contributed by atoms with Gasteiger partial charge in [-0.2, -0.15) is 0 Å². The summed E-state index contributed by atoms with van der Waals surface area (Å²) < 4.78 is 5.07. The van der Waals surface area contributed by atoms with E-state index >= 15 is 0 Å². The van der Waals surface area contributed by atoms with Crippen molar-refractivity contribution in [2.75, 3.05) is 33.4 Å². The Morgan fingerprint density at radius 2 is 2.00 bits per heavy atom. The van der Waals surface area contributed by atoms with E-state index < -0.39 is 0 Å². The lowest BCUT2D eigenvalue weighted by Gasteiger charge is -2.41. The second-order valence-corrected chi connectivity index (χ2v) is 3.88. The second-order valence-electron chi connectivity index (χ2n) is 3.88. The van der Waals surface area contributed by atoms with E-state index in [1.54, 1.807) is 7.11 Å². The summed E-state index contributed by atoms with van der Waals surface area (Å²) >= 11 is 0. The monoisotopic (exact) mass is 187 g/mol. The highest BCUT2D eigenvalue weighted by Crippen LogP contribution is 2.10. The van der Waals surface area contributed by atoms with Crippen LogP contribution in [0.2, 0.25) is 0 Å². The van der Waals surface area contributed by atoms with Crippen LogP contribution in [0.1, 0.15) is 13.8 Å². The minimum atomic E-state index is 0.452. The third-order valence-corrected chi connectivity index (χ3v) is 2.75. The molecule has 2 unspecified atom stereocenters. The zero-order chi connectivity index (χ0) is 9.84. The molecule has 0 amide bonds. The van der Waals surface area contributed by atoms with Crippen molar-refractivity contribution in [3.8, 4) is 0 Å². The molecule has 4 heteroatoms. The van der Waals surface area contributed by atoms with Crippen LogP contribution < -0.4 is 5.84 Å². The molecule has 0 saturated carbocycles. The lowest BCUT2D eigenvalue weighted by Crippen LogP contribution is -2.59. The molecular weight excluding hydrogens is 166 g/mol. The summed E-state index contributed by atoms with van der Waals surface area (Å²) in [5.41, 5.74) is 0. The van der Waals surface area contributed by atoms with E-state index in [9.17, 15) is 0 Å². The van der Waals surface area contributed by atoms with Gasteiger partial charge in [-0.15, -0.1) is 0 Å². The zero-order valence-corrected chi connectivity index (χ0v) is 8.86. The fourth-order valence-corrected chi connectivity index (χ4v) is 1.74. The van der Waals surface area contributed by atoms with E-state index in [2.05, 4.69) is 18.7 Å². The minimum absolute atomic E-state index is 0.452. The van der Waals surface area contributed by atoms with E-state index in [0.29, 0.717) is 12.1 Å². The second kappa shape index (κ2) is 4.91. The van der Waals surface area contributed by atoms with Crippen LogP contribution >= 0.6 is 0 Å². The SMILES string of the molecule is COCCN1CC(C)N(N)CC1C. The molecule has 0 bridgehead atoms. The molecular formula is C9H21N3O. The molecule has 0 spiro atoms. The molecule has 2 N–H and O–H groups in total. The molecule has 1 fully saturated rings. The maximum atomic E-state index is 5.83. The van der Waals surface area contributed by atoms with E-state index in [0.717, 1.165) is 26.2 Å². The molecule has 0 aromatic carbocycles. The maximum absolute atomic E-state index is 5.83. The summed E-state index contributed by atoms with van der Waals surface area (Å²) in [5.74, 6) is 5.83. The Labute approximate surface area is 80.6 Å². The summed E-state index contributed by atoms with van der Waals surface area (Å²) in [6.45, 7) is 8.18. The first-order valence-electron chi connectivity index (χ1n) is 4.89. The minimum Gasteiger partial charge on any atom is -0.383 e. The van der Waals surface area contributed by atoms with Gasteiger partial charge in [-0.25, -0.2) is 5.01 Å². The summed E-state index contributed by atoms with van der Waals surface area (Å²) in [6.07, 6.45) is 0. The molecule has 13 heavy (non-hydrogen) atoms. The number of rotatable bonds is 3. The van der Waals surface area contributed by atoms with Crippen molar-refractivity contribution in [1.82, 2.24) is 9.91 Å². The largest absolute Gasteiger partial charge is 0.383 e. The Balaban J connectivity index is 2.37. The van der Waals surface area contributed by atoms with Gasteiger partial charge in [-0.3, -0.25) is 10.7 Å². The molecule has 1 aliphatic heterocycles. The van der Waals surface area contributed by atoms with E-state index in [1.807, 2.05) is 5.01 Å². The molecule has 1 rings (SSSR count). The van der Waals surface area contributed by atoms with Gasteiger partial charge in [0.2, 0.25) is 0 Å². The van der Waals surface area contributed by atoms with Crippen molar-refractivity contribution in [3.05, 3.63) is 0 Å². The van der Waals surface area contributed by atoms with Crippen LogP contribution in [0.25, 0.3) is 0 Å². The lowest BCUT2D eigenvalue weighted by molar-refractivity contribution is 0.0268. The number of nitrogens with two attached hydrogens (primary N) is 1. The normalized spacial score (nSPS) is 32.3. The Hall–Kier alpha value is -0.160.